The van der Waals surface area contributed by atoms with Crippen LogP contribution >= 0.6 is 12.6 Å². The first-order chi connectivity index (χ1) is 10.7. The minimum Gasteiger partial charge on any atom is -0.394 e. The SMILES string of the molecule is O=C1NC(C(=O)NCCOCCO)CCCCCCC1CS. The van der Waals surface area contributed by atoms with Crippen molar-refractivity contribution in [1.82, 2.24) is 10.6 Å². The number of rotatable bonds is 7. The van der Waals surface area contributed by atoms with E-state index in [1.807, 2.05) is 0 Å². The van der Waals surface area contributed by atoms with Crippen molar-refractivity contribution in [2.24, 2.45) is 5.92 Å². The van der Waals surface area contributed by atoms with Crippen LogP contribution in [-0.2, 0) is 14.3 Å². The van der Waals surface area contributed by atoms with E-state index in [0.717, 1.165) is 32.1 Å². The minimum absolute atomic E-state index is 0.0300. The third kappa shape index (κ3) is 7.47. The quantitative estimate of drug-likeness (QED) is 0.404. The smallest absolute Gasteiger partial charge is 0.242 e. The average molecular weight is 332 g/mol. The molecule has 1 rings (SSSR count). The Labute approximate surface area is 137 Å². The predicted molar refractivity (Wildman–Crippen MR) is 87.9 cm³/mol. The second-order valence-corrected chi connectivity index (χ2v) is 5.92. The van der Waals surface area contributed by atoms with Crippen molar-refractivity contribution >= 4 is 24.4 Å². The molecule has 2 unspecified atom stereocenters. The summed E-state index contributed by atoms with van der Waals surface area (Å²) < 4.78 is 5.10. The number of ether oxygens (including phenoxy) is 1. The average Bonchev–Trinajstić information content (AvgIpc) is 2.52. The van der Waals surface area contributed by atoms with Crippen molar-refractivity contribution in [2.45, 2.75) is 44.6 Å². The molecule has 128 valence electrons. The Morgan fingerprint density at radius 1 is 1.27 bits per heavy atom. The van der Waals surface area contributed by atoms with E-state index >= 15 is 0 Å². The van der Waals surface area contributed by atoms with Gasteiger partial charge in [-0.2, -0.15) is 12.6 Å². The van der Waals surface area contributed by atoms with E-state index in [4.69, 9.17) is 9.84 Å². The van der Waals surface area contributed by atoms with Gasteiger partial charge in [0, 0.05) is 18.2 Å². The summed E-state index contributed by atoms with van der Waals surface area (Å²) in [6, 6.07) is -0.481. The van der Waals surface area contributed by atoms with E-state index in [0.29, 0.717) is 25.3 Å². The molecule has 1 fully saturated rings. The fourth-order valence-corrected chi connectivity index (χ4v) is 2.84. The molecule has 0 saturated carbocycles. The predicted octanol–water partition coefficient (Wildman–Crippen LogP) is 0.496. The molecule has 1 aliphatic heterocycles. The summed E-state index contributed by atoms with van der Waals surface area (Å²) in [7, 11) is 0. The van der Waals surface area contributed by atoms with E-state index in [1.165, 1.54) is 0 Å². The maximum Gasteiger partial charge on any atom is 0.242 e. The van der Waals surface area contributed by atoms with Crippen molar-refractivity contribution in [1.29, 1.82) is 0 Å². The third-order valence-electron chi connectivity index (χ3n) is 3.80. The molecule has 6 nitrogen and oxygen atoms in total. The summed E-state index contributed by atoms with van der Waals surface area (Å²) in [6.07, 6.45) is 5.65. The van der Waals surface area contributed by atoms with Gasteiger partial charge >= 0.3 is 0 Å². The molecule has 2 amide bonds. The Hall–Kier alpha value is -0.790. The number of amides is 2. The van der Waals surface area contributed by atoms with Crippen LogP contribution < -0.4 is 10.6 Å². The number of carbonyl (C=O) groups excluding carboxylic acids is 2. The summed E-state index contributed by atoms with van der Waals surface area (Å²) in [5.41, 5.74) is 0. The topological polar surface area (TPSA) is 87.7 Å². The van der Waals surface area contributed by atoms with Crippen LogP contribution in [0.4, 0.5) is 0 Å². The van der Waals surface area contributed by atoms with Crippen LogP contribution in [0.2, 0.25) is 0 Å². The Bertz CT molecular complexity index is 342. The number of hydrogen-bond acceptors (Lipinski definition) is 5. The third-order valence-corrected chi connectivity index (χ3v) is 4.24. The lowest BCUT2D eigenvalue weighted by Gasteiger charge is -2.23. The van der Waals surface area contributed by atoms with Crippen LogP contribution in [0.15, 0.2) is 0 Å². The van der Waals surface area contributed by atoms with Crippen molar-refractivity contribution in [3.63, 3.8) is 0 Å². The first-order valence-electron chi connectivity index (χ1n) is 8.06. The molecule has 0 aromatic carbocycles. The molecule has 0 radical (unpaired) electrons. The fraction of sp³-hybridized carbons (Fsp3) is 0.867. The summed E-state index contributed by atoms with van der Waals surface area (Å²) in [4.78, 5) is 24.4. The number of thiol groups is 1. The van der Waals surface area contributed by atoms with Crippen LogP contribution in [0.5, 0.6) is 0 Å². The standard InChI is InChI=1S/C15H28N2O4S/c18-8-10-21-9-7-16-15(20)13-6-4-2-1-3-5-12(11-22)14(19)17-13/h12-13,18,22H,1-11H2,(H,16,20)(H,17,19). The number of carbonyl (C=O) groups is 2. The molecule has 3 N–H and O–H groups in total. The molecule has 1 aliphatic rings. The Morgan fingerprint density at radius 2 is 2.00 bits per heavy atom. The lowest BCUT2D eigenvalue weighted by atomic mass is 9.97. The van der Waals surface area contributed by atoms with Gasteiger partial charge in [0.2, 0.25) is 11.8 Å². The zero-order chi connectivity index (χ0) is 16.2. The van der Waals surface area contributed by atoms with Gasteiger partial charge in [0.25, 0.3) is 0 Å². The zero-order valence-corrected chi connectivity index (χ0v) is 13.9. The second kappa shape index (κ2) is 11.7. The first kappa shape index (κ1) is 19.3. The number of hydrogen-bond donors (Lipinski definition) is 4. The normalized spacial score (nSPS) is 23.6. The van der Waals surface area contributed by atoms with Gasteiger partial charge in [-0.05, 0) is 12.8 Å². The summed E-state index contributed by atoms with van der Waals surface area (Å²) >= 11 is 4.24. The van der Waals surface area contributed by atoms with Crippen molar-refractivity contribution < 1.29 is 19.4 Å². The van der Waals surface area contributed by atoms with E-state index < -0.39 is 6.04 Å². The molecule has 1 saturated heterocycles. The lowest BCUT2D eigenvalue weighted by molar-refractivity contribution is -0.131. The van der Waals surface area contributed by atoms with Gasteiger partial charge in [0.1, 0.15) is 6.04 Å². The molecule has 2 atom stereocenters. The summed E-state index contributed by atoms with van der Waals surface area (Å²) in [6.45, 7) is 0.963. The lowest BCUT2D eigenvalue weighted by Crippen LogP contribution is -2.49. The highest BCUT2D eigenvalue weighted by atomic mass is 32.1. The molecule has 1 heterocycles. The monoisotopic (exact) mass is 332 g/mol. The van der Waals surface area contributed by atoms with Crippen molar-refractivity contribution in [2.75, 3.05) is 32.1 Å². The highest BCUT2D eigenvalue weighted by Gasteiger charge is 2.25. The molecule has 0 bridgehead atoms. The van der Waals surface area contributed by atoms with Gasteiger partial charge in [-0.15, -0.1) is 0 Å². The number of aliphatic hydroxyl groups excluding tert-OH is 1. The fourth-order valence-electron chi connectivity index (χ4n) is 2.49. The van der Waals surface area contributed by atoms with Crippen molar-refractivity contribution in [3.8, 4) is 0 Å². The van der Waals surface area contributed by atoms with E-state index in [1.54, 1.807) is 0 Å². The minimum atomic E-state index is -0.481. The highest BCUT2D eigenvalue weighted by Crippen LogP contribution is 2.16. The van der Waals surface area contributed by atoms with Crippen molar-refractivity contribution in [3.05, 3.63) is 0 Å². The van der Waals surface area contributed by atoms with E-state index in [9.17, 15) is 9.59 Å². The van der Waals surface area contributed by atoms with E-state index in [2.05, 4.69) is 23.3 Å². The number of nitrogens with one attached hydrogen (secondary N) is 2. The van der Waals surface area contributed by atoms with E-state index in [-0.39, 0.29) is 30.9 Å². The van der Waals surface area contributed by atoms with Gasteiger partial charge in [-0.3, -0.25) is 9.59 Å². The van der Waals surface area contributed by atoms with Gasteiger partial charge in [0.15, 0.2) is 0 Å². The maximum absolute atomic E-state index is 12.2. The van der Waals surface area contributed by atoms with Crippen LogP contribution in [0, 0.1) is 5.92 Å². The first-order valence-corrected chi connectivity index (χ1v) is 8.69. The van der Waals surface area contributed by atoms with Crippen LogP contribution in [0.1, 0.15) is 38.5 Å². The Morgan fingerprint density at radius 3 is 2.68 bits per heavy atom. The molecule has 7 heteroatoms. The van der Waals surface area contributed by atoms with Crippen LogP contribution in [0.25, 0.3) is 0 Å². The zero-order valence-electron chi connectivity index (χ0n) is 13.1. The largest absolute Gasteiger partial charge is 0.394 e. The molecular formula is C15H28N2O4S. The molecule has 0 aromatic rings. The number of aliphatic hydroxyl groups is 1. The Balaban J connectivity index is 2.45. The van der Waals surface area contributed by atoms with Gasteiger partial charge < -0.3 is 20.5 Å². The van der Waals surface area contributed by atoms with Crippen LogP contribution in [-0.4, -0.2) is 55.1 Å². The van der Waals surface area contributed by atoms with Gasteiger partial charge in [-0.1, -0.05) is 25.7 Å². The molecule has 22 heavy (non-hydrogen) atoms. The second-order valence-electron chi connectivity index (χ2n) is 5.56. The van der Waals surface area contributed by atoms with Gasteiger partial charge in [0.05, 0.1) is 19.8 Å². The highest BCUT2D eigenvalue weighted by molar-refractivity contribution is 7.80. The molecule has 0 spiro atoms. The summed E-state index contributed by atoms with van der Waals surface area (Å²) in [5.74, 6) is 0.146. The molecular weight excluding hydrogens is 304 g/mol. The Kier molecular flexibility index (Phi) is 10.3. The maximum atomic E-state index is 12.2. The molecule has 0 aromatic heterocycles. The van der Waals surface area contributed by atoms with Gasteiger partial charge in [-0.25, -0.2) is 0 Å². The van der Waals surface area contributed by atoms with Crippen LogP contribution in [0.3, 0.4) is 0 Å². The summed E-state index contributed by atoms with van der Waals surface area (Å²) in [5, 5.41) is 14.2. The molecule has 0 aliphatic carbocycles.